The average Bonchev–Trinajstić information content (AvgIpc) is 2.12. The third kappa shape index (κ3) is 1.26. The fraction of sp³-hybridized carbons (Fsp3) is 0.300. The molecule has 0 aliphatic carbocycles. The van der Waals surface area contributed by atoms with Gasteiger partial charge in [-0.3, -0.25) is 4.79 Å². The molecular formula is C10H12N2O. The Kier molecular flexibility index (Phi) is 1.72. The minimum absolute atomic E-state index is 0.0289. The molecule has 0 aromatic heterocycles. The summed E-state index contributed by atoms with van der Waals surface area (Å²) in [4.78, 5) is 11.1. The highest BCUT2D eigenvalue weighted by Gasteiger charge is 2.15. The van der Waals surface area contributed by atoms with E-state index in [0.29, 0.717) is 6.54 Å². The second kappa shape index (κ2) is 2.76. The van der Waals surface area contributed by atoms with Crippen molar-refractivity contribution in [3.63, 3.8) is 0 Å². The van der Waals surface area contributed by atoms with Gasteiger partial charge in [0, 0.05) is 0 Å². The van der Waals surface area contributed by atoms with Crippen molar-refractivity contribution in [2.75, 3.05) is 17.2 Å². The zero-order chi connectivity index (χ0) is 9.42. The van der Waals surface area contributed by atoms with Crippen LogP contribution in [0.15, 0.2) is 12.1 Å². The molecule has 3 heteroatoms. The Bertz CT molecular complexity index is 371. The van der Waals surface area contributed by atoms with Gasteiger partial charge in [-0.25, -0.2) is 0 Å². The van der Waals surface area contributed by atoms with Crippen LogP contribution in [0.4, 0.5) is 11.4 Å². The number of fused-ring (bicyclic) bond motifs is 1. The number of nitrogens with one attached hydrogen (secondary N) is 2. The van der Waals surface area contributed by atoms with Crippen LogP contribution in [-0.4, -0.2) is 12.5 Å². The van der Waals surface area contributed by atoms with E-state index >= 15 is 0 Å². The zero-order valence-electron chi connectivity index (χ0n) is 7.77. The van der Waals surface area contributed by atoms with Crippen LogP contribution in [-0.2, 0) is 4.79 Å². The van der Waals surface area contributed by atoms with Gasteiger partial charge in [0.1, 0.15) is 0 Å². The molecule has 2 rings (SSSR count). The predicted octanol–water partition coefficient (Wildman–Crippen LogP) is 1.67. The van der Waals surface area contributed by atoms with Crippen LogP contribution in [0, 0.1) is 13.8 Å². The maximum absolute atomic E-state index is 11.1. The van der Waals surface area contributed by atoms with Crippen molar-refractivity contribution in [2.45, 2.75) is 13.8 Å². The smallest absolute Gasteiger partial charge is 0.243 e. The molecule has 0 unspecified atom stereocenters. The first-order valence-corrected chi connectivity index (χ1v) is 4.32. The lowest BCUT2D eigenvalue weighted by Gasteiger charge is -2.21. The van der Waals surface area contributed by atoms with Crippen molar-refractivity contribution >= 4 is 17.3 Å². The average molecular weight is 176 g/mol. The molecule has 3 nitrogen and oxygen atoms in total. The normalized spacial score (nSPS) is 14.5. The Morgan fingerprint density at radius 1 is 1.31 bits per heavy atom. The number of benzene rings is 1. The largest absolute Gasteiger partial charge is 0.374 e. The van der Waals surface area contributed by atoms with Crippen LogP contribution in [0.5, 0.6) is 0 Å². The van der Waals surface area contributed by atoms with Crippen molar-refractivity contribution in [1.29, 1.82) is 0 Å². The van der Waals surface area contributed by atoms with E-state index in [1.807, 2.05) is 19.9 Å². The molecule has 1 aliphatic heterocycles. The number of carbonyl (C=O) groups is 1. The van der Waals surface area contributed by atoms with Gasteiger partial charge in [0.25, 0.3) is 0 Å². The fourth-order valence-corrected chi connectivity index (χ4v) is 1.48. The first-order chi connectivity index (χ1) is 6.18. The van der Waals surface area contributed by atoms with Gasteiger partial charge in [0.15, 0.2) is 0 Å². The molecule has 0 bridgehead atoms. The molecule has 1 aliphatic rings. The van der Waals surface area contributed by atoms with E-state index in [2.05, 4.69) is 16.7 Å². The minimum atomic E-state index is 0.0289. The second-order valence-corrected chi connectivity index (χ2v) is 3.33. The summed E-state index contributed by atoms with van der Waals surface area (Å²) >= 11 is 0. The van der Waals surface area contributed by atoms with Crippen molar-refractivity contribution < 1.29 is 4.79 Å². The van der Waals surface area contributed by atoms with E-state index in [-0.39, 0.29) is 5.91 Å². The molecule has 0 atom stereocenters. The number of rotatable bonds is 0. The van der Waals surface area contributed by atoms with Crippen molar-refractivity contribution in [3.05, 3.63) is 23.3 Å². The summed E-state index contributed by atoms with van der Waals surface area (Å²) in [6, 6.07) is 4.05. The molecule has 68 valence electrons. The molecule has 0 saturated carbocycles. The molecule has 2 N–H and O–H groups in total. The lowest BCUT2D eigenvalue weighted by atomic mass is 10.1. The maximum atomic E-state index is 11.1. The quantitative estimate of drug-likeness (QED) is 0.631. The Morgan fingerprint density at radius 3 is 2.85 bits per heavy atom. The summed E-state index contributed by atoms with van der Waals surface area (Å²) in [5, 5.41) is 5.94. The zero-order valence-corrected chi connectivity index (χ0v) is 7.77. The van der Waals surface area contributed by atoms with Gasteiger partial charge < -0.3 is 10.6 Å². The van der Waals surface area contributed by atoms with Gasteiger partial charge in [-0.15, -0.1) is 0 Å². The molecule has 1 amide bonds. The summed E-state index contributed by atoms with van der Waals surface area (Å²) in [5.74, 6) is 0.0289. The standard InChI is InChI=1S/C10H12N2O/c1-6-3-4-8-10(7(6)2)12-9(13)5-11-8/h3-4,11H,5H2,1-2H3,(H,12,13). The third-order valence-electron chi connectivity index (χ3n) is 2.44. The van der Waals surface area contributed by atoms with Crippen LogP contribution in [0.1, 0.15) is 11.1 Å². The maximum Gasteiger partial charge on any atom is 0.243 e. The number of aryl methyl sites for hydroxylation is 1. The summed E-state index contributed by atoms with van der Waals surface area (Å²) in [6.45, 7) is 4.42. The number of hydrogen-bond donors (Lipinski definition) is 2. The number of hydrogen-bond acceptors (Lipinski definition) is 2. The third-order valence-corrected chi connectivity index (χ3v) is 2.44. The lowest BCUT2D eigenvalue weighted by Crippen LogP contribution is -2.28. The molecule has 1 heterocycles. The van der Waals surface area contributed by atoms with Crippen LogP contribution >= 0.6 is 0 Å². The molecule has 1 aromatic rings. The van der Waals surface area contributed by atoms with E-state index in [1.54, 1.807) is 0 Å². The van der Waals surface area contributed by atoms with Gasteiger partial charge in [0.2, 0.25) is 5.91 Å². The SMILES string of the molecule is Cc1ccc2c(c1C)NC(=O)CN2. The van der Waals surface area contributed by atoms with Gasteiger partial charge in [-0.1, -0.05) is 6.07 Å². The molecule has 0 saturated heterocycles. The second-order valence-electron chi connectivity index (χ2n) is 3.33. The summed E-state index contributed by atoms with van der Waals surface area (Å²) in [5.41, 5.74) is 4.28. The van der Waals surface area contributed by atoms with Crippen LogP contribution < -0.4 is 10.6 Å². The molecular weight excluding hydrogens is 164 g/mol. The highest BCUT2D eigenvalue weighted by molar-refractivity contribution is 6.01. The number of carbonyl (C=O) groups excluding carboxylic acids is 1. The van der Waals surface area contributed by atoms with Crippen molar-refractivity contribution in [3.8, 4) is 0 Å². The lowest BCUT2D eigenvalue weighted by molar-refractivity contribution is -0.114. The minimum Gasteiger partial charge on any atom is -0.374 e. The van der Waals surface area contributed by atoms with Crippen molar-refractivity contribution in [1.82, 2.24) is 0 Å². The summed E-state index contributed by atoms with van der Waals surface area (Å²) < 4.78 is 0. The van der Waals surface area contributed by atoms with E-state index < -0.39 is 0 Å². The first kappa shape index (κ1) is 8.10. The fourth-order valence-electron chi connectivity index (χ4n) is 1.48. The predicted molar refractivity (Wildman–Crippen MR) is 53.0 cm³/mol. The summed E-state index contributed by atoms with van der Waals surface area (Å²) in [6.07, 6.45) is 0. The number of amides is 1. The monoisotopic (exact) mass is 176 g/mol. The Hall–Kier alpha value is -1.51. The van der Waals surface area contributed by atoms with Crippen molar-refractivity contribution in [2.24, 2.45) is 0 Å². The Morgan fingerprint density at radius 2 is 2.08 bits per heavy atom. The Balaban J connectivity index is 2.54. The highest BCUT2D eigenvalue weighted by Crippen LogP contribution is 2.30. The highest BCUT2D eigenvalue weighted by atomic mass is 16.2. The molecule has 0 spiro atoms. The van der Waals surface area contributed by atoms with E-state index in [0.717, 1.165) is 16.9 Å². The van der Waals surface area contributed by atoms with Crippen LogP contribution in [0.2, 0.25) is 0 Å². The molecule has 0 radical (unpaired) electrons. The topological polar surface area (TPSA) is 41.1 Å². The van der Waals surface area contributed by atoms with Gasteiger partial charge in [0.05, 0.1) is 17.9 Å². The van der Waals surface area contributed by atoms with E-state index in [9.17, 15) is 4.79 Å². The van der Waals surface area contributed by atoms with Gasteiger partial charge >= 0.3 is 0 Å². The van der Waals surface area contributed by atoms with Gasteiger partial charge in [-0.2, -0.15) is 0 Å². The molecule has 0 fully saturated rings. The van der Waals surface area contributed by atoms with E-state index in [4.69, 9.17) is 0 Å². The van der Waals surface area contributed by atoms with Gasteiger partial charge in [-0.05, 0) is 31.0 Å². The summed E-state index contributed by atoms with van der Waals surface area (Å²) in [7, 11) is 0. The van der Waals surface area contributed by atoms with Crippen LogP contribution in [0.3, 0.4) is 0 Å². The van der Waals surface area contributed by atoms with E-state index in [1.165, 1.54) is 5.56 Å². The Labute approximate surface area is 77.1 Å². The van der Waals surface area contributed by atoms with Crippen LogP contribution in [0.25, 0.3) is 0 Å². The first-order valence-electron chi connectivity index (χ1n) is 4.32. The number of anilines is 2. The molecule has 1 aromatic carbocycles. The molecule has 13 heavy (non-hydrogen) atoms.